The number of hydrogen-bond acceptors (Lipinski definition) is 6. The number of H-pyrrole nitrogens is 1. The fraction of sp³-hybridized carbons (Fsp3) is 0.333. The zero-order valence-electron chi connectivity index (χ0n) is 29.7. The van der Waals surface area contributed by atoms with Crippen LogP contribution in [-0.2, 0) is 49.7 Å². The Kier molecular flexibility index (Phi) is 12.5. The molecule has 1 aromatic heterocycles. The van der Waals surface area contributed by atoms with Crippen molar-refractivity contribution in [1.29, 1.82) is 0 Å². The number of aliphatic imine (C=N–C) groups is 1. The number of hydrogen-bond donors (Lipinski definition) is 8. The van der Waals surface area contributed by atoms with Crippen molar-refractivity contribution in [3.8, 4) is 0 Å². The first-order chi connectivity index (χ1) is 25.4. The lowest BCUT2D eigenvalue weighted by Crippen LogP contribution is -2.64. The minimum absolute atomic E-state index is 0.0952. The molecule has 0 aliphatic heterocycles. The standard InChI is InChI=1S/C39H47N9O5/c1-24(49)48-39(18-17-26-12-5-6-13-27(26)22-39)37(53)47-33(20-25-10-3-2-4-11-25)36(52)45-31(16-9-19-43-38(41)42)35(51)46-32(34(40)50)21-28-23-44-30-15-8-7-14-29(28)30/h2-8,10-15,23,31-33,44H,9,16-22H2,1H3,(H2,40,50)(H,45,52)(H,46,51)(H,47,53)(H,48,49)(H4,41,42,43)/t31-,32-,33+,39?/m0/s1. The quantitative estimate of drug-likeness (QED) is 0.0474. The Morgan fingerprint density at radius 3 is 2.17 bits per heavy atom. The molecule has 4 aromatic rings. The summed E-state index contributed by atoms with van der Waals surface area (Å²) in [6, 6.07) is 21.0. The summed E-state index contributed by atoms with van der Waals surface area (Å²) in [5, 5.41) is 12.2. The highest BCUT2D eigenvalue weighted by Gasteiger charge is 2.43. The summed E-state index contributed by atoms with van der Waals surface area (Å²) >= 11 is 0. The molecule has 0 saturated heterocycles. The average Bonchev–Trinajstić information content (AvgIpc) is 3.54. The molecule has 14 heteroatoms. The topological polar surface area (TPSA) is 240 Å². The van der Waals surface area contributed by atoms with Crippen LogP contribution in [0, 0.1) is 0 Å². The number of nitrogens with zero attached hydrogens (tertiary/aromatic N) is 1. The van der Waals surface area contributed by atoms with Crippen molar-refractivity contribution in [2.75, 3.05) is 6.54 Å². The van der Waals surface area contributed by atoms with E-state index in [2.05, 4.69) is 31.2 Å². The van der Waals surface area contributed by atoms with Crippen LogP contribution in [0.2, 0.25) is 0 Å². The summed E-state index contributed by atoms with van der Waals surface area (Å²) in [5.41, 5.74) is 19.9. The van der Waals surface area contributed by atoms with Gasteiger partial charge in [-0.2, -0.15) is 0 Å². The van der Waals surface area contributed by atoms with Gasteiger partial charge >= 0.3 is 0 Å². The smallest absolute Gasteiger partial charge is 0.246 e. The van der Waals surface area contributed by atoms with Gasteiger partial charge in [-0.1, -0.05) is 72.8 Å². The molecule has 5 rings (SSSR count). The summed E-state index contributed by atoms with van der Waals surface area (Å²) < 4.78 is 0. The van der Waals surface area contributed by atoms with Gasteiger partial charge in [-0.15, -0.1) is 0 Å². The average molecular weight is 722 g/mol. The van der Waals surface area contributed by atoms with Gasteiger partial charge in [-0.25, -0.2) is 0 Å². The molecule has 1 heterocycles. The highest BCUT2D eigenvalue weighted by molar-refractivity contribution is 5.97. The fourth-order valence-electron chi connectivity index (χ4n) is 6.85. The lowest BCUT2D eigenvalue weighted by molar-refractivity contribution is -0.137. The van der Waals surface area contributed by atoms with E-state index in [4.69, 9.17) is 17.2 Å². The SMILES string of the molecule is CC(=O)NC1(C(=O)N[C@H](Cc2ccccc2)C(=O)N[C@@H](CCCN=C(N)N)C(=O)N[C@@H](Cc2c[nH]c3ccccc23)C(N)=O)CCc2ccccc2C1. The van der Waals surface area contributed by atoms with Crippen LogP contribution in [0.4, 0.5) is 0 Å². The van der Waals surface area contributed by atoms with Crippen LogP contribution >= 0.6 is 0 Å². The van der Waals surface area contributed by atoms with E-state index in [1.54, 1.807) is 6.20 Å². The minimum Gasteiger partial charge on any atom is -0.370 e. The van der Waals surface area contributed by atoms with Crippen molar-refractivity contribution in [2.45, 2.75) is 75.5 Å². The molecule has 5 amide bonds. The number of carbonyl (C=O) groups excluding carboxylic acids is 5. The number of aromatic nitrogens is 1. The van der Waals surface area contributed by atoms with E-state index < -0.39 is 47.3 Å². The number of primary amides is 1. The summed E-state index contributed by atoms with van der Waals surface area (Å²) in [5.74, 6) is -3.04. The third kappa shape index (κ3) is 10.00. The van der Waals surface area contributed by atoms with Gasteiger partial charge in [0.15, 0.2) is 5.96 Å². The van der Waals surface area contributed by atoms with Crippen LogP contribution in [-0.4, -0.2) is 70.7 Å². The number of benzene rings is 3. The monoisotopic (exact) mass is 721 g/mol. The number of aryl methyl sites for hydroxylation is 1. The molecule has 1 unspecified atom stereocenters. The number of carbonyl (C=O) groups is 5. The number of nitrogens with one attached hydrogen (secondary N) is 5. The van der Waals surface area contributed by atoms with Gasteiger partial charge in [0.05, 0.1) is 0 Å². The van der Waals surface area contributed by atoms with Gasteiger partial charge in [0.25, 0.3) is 0 Å². The molecular weight excluding hydrogens is 674 g/mol. The van der Waals surface area contributed by atoms with E-state index in [1.807, 2.05) is 78.9 Å². The molecule has 53 heavy (non-hydrogen) atoms. The summed E-state index contributed by atoms with van der Waals surface area (Å²) in [4.78, 5) is 74.6. The molecule has 0 saturated carbocycles. The Morgan fingerprint density at radius 2 is 1.45 bits per heavy atom. The molecule has 11 N–H and O–H groups in total. The Balaban J connectivity index is 1.39. The Morgan fingerprint density at radius 1 is 0.792 bits per heavy atom. The Hall–Kier alpha value is -6.18. The van der Waals surface area contributed by atoms with E-state index in [9.17, 15) is 24.0 Å². The summed E-state index contributed by atoms with van der Waals surface area (Å²) in [7, 11) is 0. The minimum atomic E-state index is -1.30. The zero-order chi connectivity index (χ0) is 38.0. The van der Waals surface area contributed by atoms with Gasteiger partial charge in [0, 0.05) is 49.8 Å². The maximum absolute atomic E-state index is 14.3. The van der Waals surface area contributed by atoms with E-state index in [0.717, 1.165) is 33.2 Å². The second-order valence-corrected chi connectivity index (χ2v) is 13.5. The van der Waals surface area contributed by atoms with Gasteiger partial charge in [0.1, 0.15) is 23.7 Å². The van der Waals surface area contributed by atoms with E-state index in [0.29, 0.717) is 19.3 Å². The van der Waals surface area contributed by atoms with E-state index in [-0.39, 0.29) is 44.1 Å². The number of nitrogens with two attached hydrogens (primary N) is 3. The zero-order valence-corrected chi connectivity index (χ0v) is 29.7. The molecule has 0 radical (unpaired) electrons. The van der Waals surface area contributed by atoms with Crippen LogP contribution < -0.4 is 38.5 Å². The summed E-state index contributed by atoms with van der Waals surface area (Å²) in [6.07, 6.45) is 3.50. The second-order valence-electron chi connectivity index (χ2n) is 13.5. The molecule has 14 nitrogen and oxygen atoms in total. The maximum Gasteiger partial charge on any atom is 0.246 e. The molecule has 4 atom stereocenters. The normalized spacial score (nSPS) is 16.6. The number of amides is 5. The highest BCUT2D eigenvalue weighted by Crippen LogP contribution is 2.29. The van der Waals surface area contributed by atoms with Crippen LogP contribution in [0.15, 0.2) is 90.1 Å². The number of guanidine groups is 1. The highest BCUT2D eigenvalue weighted by atomic mass is 16.2. The van der Waals surface area contributed by atoms with Crippen molar-refractivity contribution in [3.63, 3.8) is 0 Å². The molecule has 3 aromatic carbocycles. The number of aromatic amines is 1. The van der Waals surface area contributed by atoms with E-state index >= 15 is 0 Å². The van der Waals surface area contributed by atoms with Crippen molar-refractivity contribution >= 4 is 46.4 Å². The molecule has 1 aliphatic carbocycles. The van der Waals surface area contributed by atoms with Gasteiger partial charge in [-0.3, -0.25) is 29.0 Å². The molecule has 0 bridgehead atoms. The molecule has 0 fully saturated rings. The predicted octanol–water partition coefficient (Wildman–Crippen LogP) is 1.01. The van der Waals surface area contributed by atoms with Gasteiger partial charge in [-0.05, 0) is 54.0 Å². The van der Waals surface area contributed by atoms with Crippen molar-refractivity contribution in [2.24, 2.45) is 22.2 Å². The first-order valence-corrected chi connectivity index (χ1v) is 17.6. The summed E-state index contributed by atoms with van der Waals surface area (Å²) in [6.45, 7) is 1.54. The van der Waals surface area contributed by atoms with Crippen molar-refractivity contribution < 1.29 is 24.0 Å². The lowest BCUT2D eigenvalue weighted by atomic mass is 9.77. The van der Waals surface area contributed by atoms with Crippen molar-refractivity contribution in [1.82, 2.24) is 26.3 Å². The fourth-order valence-corrected chi connectivity index (χ4v) is 6.85. The third-order valence-corrected chi connectivity index (χ3v) is 9.52. The Bertz CT molecular complexity index is 1970. The molecule has 278 valence electrons. The number of fused-ring (bicyclic) bond motifs is 2. The van der Waals surface area contributed by atoms with Crippen LogP contribution in [0.1, 0.15) is 48.4 Å². The van der Waals surface area contributed by atoms with Crippen LogP contribution in [0.25, 0.3) is 10.9 Å². The largest absolute Gasteiger partial charge is 0.370 e. The first-order valence-electron chi connectivity index (χ1n) is 17.6. The van der Waals surface area contributed by atoms with Gasteiger partial charge in [0.2, 0.25) is 29.5 Å². The number of rotatable bonds is 16. The lowest BCUT2D eigenvalue weighted by Gasteiger charge is -2.38. The Labute approximate surface area is 307 Å². The first kappa shape index (κ1) is 38.1. The number of para-hydroxylation sites is 1. The molecule has 1 aliphatic rings. The third-order valence-electron chi connectivity index (χ3n) is 9.52. The van der Waals surface area contributed by atoms with Crippen LogP contribution in [0.5, 0.6) is 0 Å². The van der Waals surface area contributed by atoms with E-state index in [1.165, 1.54) is 6.92 Å². The van der Waals surface area contributed by atoms with Gasteiger partial charge < -0.3 is 43.5 Å². The predicted molar refractivity (Wildman–Crippen MR) is 202 cm³/mol. The van der Waals surface area contributed by atoms with Crippen LogP contribution in [0.3, 0.4) is 0 Å². The maximum atomic E-state index is 14.3. The molecular formula is C39H47N9O5. The molecule has 0 spiro atoms. The van der Waals surface area contributed by atoms with Crippen molar-refractivity contribution in [3.05, 3.63) is 107 Å². The second kappa shape index (κ2) is 17.4.